The van der Waals surface area contributed by atoms with E-state index in [0.717, 1.165) is 41.7 Å². The molecule has 0 bridgehead atoms. The second-order valence-electron chi connectivity index (χ2n) is 10.4. The Morgan fingerprint density at radius 1 is 0.946 bits per heavy atom. The van der Waals surface area contributed by atoms with Crippen molar-refractivity contribution in [1.82, 2.24) is 19.5 Å². The van der Waals surface area contributed by atoms with E-state index in [1.54, 1.807) is 0 Å². The van der Waals surface area contributed by atoms with Crippen molar-refractivity contribution < 1.29 is 4.74 Å². The van der Waals surface area contributed by atoms with Crippen LogP contribution in [0.4, 0.5) is 5.95 Å². The van der Waals surface area contributed by atoms with Crippen LogP contribution in [0.15, 0.2) is 60.7 Å². The van der Waals surface area contributed by atoms with E-state index >= 15 is 0 Å². The lowest BCUT2D eigenvalue weighted by atomic mass is 9.83. The molecule has 2 fully saturated rings. The van der Waals surface area contributed by atoms with Crippen LogP contribution in [0.2, 0.25) is 0 Å². The third kappa shape index (κ3) is 4.70. The van der Waals surface area contributed by atoms with Crippen LogP contribution in [0.1, 0.15) is 50.0 Å². The van der Waals surface area contributed by atoms with Crippen molar-refractivity contribution in [2.45, 2.75) is 45.2 Å². The molecule has 188 valence electrons. The minimum absolute atomic E-state index is 0.0560. The van der Waals surface area contributed by atoms with Gasteiger partial charge in [-0.2, -0.15) is 15.2 Å². The van der Waals surface area contributed by atoms with Gasteiger partial charge in [0.15, 0.2) is 5.65 Å². The predicted octanol–water partition coefficient (Wildman–Crippen LogP) is 5.77. The second kappa shape index (κ2) is 10.3. The van der Waals surface area contributed by atoms with Crippen molar-refractivity contribution >= 4 is 17.1 Å². The van der Waals surface area contributed by atoms with E-state index < -0.39 is 0 Å². The van der Waals surface area contributed by atoms with Gasteiger partial charge in [-0.1, -0.05) is 80.4 Å². The molecule has 7 heteroatoms. The average Bonchev–Trinajstić information content (AvgIpc) is 3.32. The van der Waals surface area contributed by atoms with Gasteiger partial charge in [0, 0.05) is 18.7 Å². The molecule has 2 aromatic heterocycles. The van der Waals surface area contributed by atoms with Gasteiger partial charge in [-0.05, 0) is 30.2 Å². The van der Waals surface area contributed by atoms with Gasteiger partial charge >= 0.3 is 0 Å². The van der Waals surface area contributed by atoms with Gasteiger partial charge in [-0.3, -0.25) is 0 Å². The maximum absolute atomic E-state index is 9.73. The molecule has 0 amide bonds. The first kappa shape index (κ1) is 23.6. The molecule has 0 N–H and O–H groups in total. The van der Waals surface area contributed by atoms with Crippen molar-refractivity contribution in [3.05, 3.63) is 72.1 Å². The Labute approximate surface area is 217 Å². The number of hydrogen-bond donors (Lipinski definition) is 0. The van der Waals surface area contributed by atoms with Gasteiger partial charge in [0.05, 0.1) is 19.3 Å². The molecule has 1 aliphatic carbocycles. The molecule has 0 spiro atoms. The van der Waals surface area contributed by atoms with Gasteiger partial charge in [-0.15, -0.1) is 0 Å². The van der Waals surface area contributed by atoms with Crippen LogP contribution in [-0.4, -0.2) is 39.3 Å². The van der Waals surface area contributed by atoms with Crippen LogP contribution in [0.5, 0.6) is 0 Å². The van der Waals surface area contributed by atoms with Crippen molar-refractivity contribution in [1.29, 1.82) is 5.26 Å². The van der Waals surface area contributed by atoms with Gasteiger partial charge in [-0.25, -0.2) is 4.98 Å². The van der Waals surface area contributed by atoms with Crippen LogP contribution in [0.25, 0.3) is 22.4 Å². The maximum Gasteiger partial charge on any atom is 0.234 e. The second-order valence-corrected chi connectivity index (χ2v) is 10.4. The predicted molar refractivity (Wildman–Crippen MR) is 144 cm³/mol. The third-order valence-electron chi connectivity index (χ3n) is 7.88. The molecule has 1 aliphatic heterocycles. The first-order valence-corrected chi connectivity index (χ1v) is 13.3. The molecular formula is C30H32N6O. The van der Waals surface area contributed by atoms with E-state index in [1.807, 2.05) is 36.4 Å². The number of imidazole rings is 1. The highest BCUT2D eigenvalue weighted by Crippen LogP contribution is 2.37. The van der Waals surface area contributed by atoms with Crippen LogP contribution in [-0.2, 0) is 11.3 Å². The molecule has 37 heavy (non-hydrogen) atoms. The van der Waals surface area contributed by atoms with E-state index in [4.69, 9.17) is 14.7 Å². The molecule has 0 radical (unpaired) electrons. The monoisotopic (exact) mass is 492 g/mol. The lowest BCUT2D eigenvalue weighted by Crippen LogP contribution is -2.41. The van der Waals surface area contributed by atoms with Crippen LogP contribution in [0.3, 0.4) is 0 Å². The summed E-state index contributed by atoms with van der Waals surface area (Å²) >= 11 is 0. The fraction of sp³-hybridized carbons (Fsp3) is 0.400. The van der Waals surface area contributed by atoms with E-state index in [0.29, 0.717) is 24.8 Å². The molecule has 1 atom stereocenters. The van der Waals surface area contributed by atoms with E-state index in [2.05, 4.69) is 51.7 Å². The van der Waals surface area contributed by atoms with Gasteiger partial charge in [0.1, 0.15) is 17.3 Å². The quantitative estimate of drug-likeness (QED) is 0.352. The summed E-state index contributed by atoms with van der Waals surface area (Å²) in [6.07, 6.45) is 4.95. The molecule has 1 saturated carbocycles. The van der Waals surface area contributed by atoms with Crippen molar-refractivity contribution in [3.8, 4) is 17.3 Å². The standard InChI is InChI=1S/C30H32N6O/c1-21-12-14-22(15-13-21)19-36-28-27(24-10-6-3-7-11-24)32-26(18-31)33-29(28)34-30(36)35-16-17-37-20-25(35)23-8-4-2-5-9-23/h2-11,21-22,25H,12-17,19-20H2,1H3. The van der Waals surface area contributed by atoms with Crippen molar-refractivity contribution in [2.75, 3.05) is 24.7 Å². The number of nitrogens with zero attached hydrogens (tertiary/aromatic N) is 6. The highest BCUT2D eigenvalue weighted by atomic mass is 16.5. The Kier molecular flexibility index (Phi) is 6.58. The number of morpholine rings is 1. The first-order valence-electron chi connectivity index (χ1n) is 13.3. The lowest BCUT2D eigenvalue weighted by molar-refractivity contribution is 0.0927. The number of hydrogen-bond acceptors (Lipinski definition) is 6. The minimum Gasteiger partial charge on any atom is -0.377 e. The fourth-order valence-electron chi connectivity index (χ4n) is 5.83. The van der Waals surface area contributed by atoms with Gasteiger partial charge < -0.3 is 14.2 Å². The normalized spacial score (nSPS) is 22.2. The number of nitriles is 1. The summed E-state index contributed by atoms with van der Waals surface area (Å²) in [6.45, 7) is 5.22. The van der Waals surface area contributed by atoms with E-state index in [1.165, 1.54) is 31.2 Å². The summed E-state index contributed by atoms with van der Waals surface area (Å²) in [6, 6.07) is 22.8. The lowest BCUT2D eigenvalue weighted by Gasteiger charge is -2.37. The Balaban J connectivity index is 1.54. The Hall–Kier alpha value is -3.76. The average molecular weight is 493 g/mol. The molecule has 2 aliphatic rings. The van der Waals surface area contributed by atoms with Crippen LogP contribution < -0.4 is 4.90 Å². The van der Waals surface area contributed by atoms with Crippen LogP contribution in [0, 0.1) is 23.2 Å². The maximum atomic E-state index is 9.73. The summed E-state index contributed by atoms with van der Waals surface area (Å²) in [5, 5.41) is 9.73. The summed E-state index contributed by atoms with van der Waals surface area (Å²) < 4.78 is 8.29. The first-order chi connectivity index (χ1) is 18.2. The fourth-order valence-corrected chi connectivity index (χ4v) is 5.83. The largest absolute Gasteiger partial charge is 0.377 e. The summed E-state index contributed by atoms with van der Waals surface area (Å²) in [7, 11) is 0. The molecular weight excluding hydrogens is 460 g/mol. The zero-order chi connectivity index (χ0) is 25.2. The number of fused-ring (bicyclic) bond motifs is 1. The molecule has 2 aromatic carbocycles. The highest BCUT2D eigenvalue weighted by molar-refractivity contribution is 5.90. The SMILES string of the molecule is CC1CCC(Cn2c(N3CCOCC3c3ccccc3)nc3nc(C#N)nc(-c4ccccc4)c32)CC1. The molecule has 3 heterocycles. The number of ether oxygens (including phenoxy) is 1. The molecule has 7 nitrogen and oxygen atoms in total. The Bertz CT molecular complexity index is 1400. The van der Waals surface area contributed by atoms with E-state index in [-0.39, 0.29) is 11.9 Å². The smallest absolute Gasteiger partial charge is 0.234 e. The number of benzene rings is 2. The van der Waals surface area contributed by atoms with E-state index in [9.17, 15) is 5.26 Å². The molecule has 4 aromatic rings. The Morgan fingerprint density at radius 2 is 1.68 bits per heavy atom. The molecule has 1 unspecified atom stereocenters. The Morgan fingerprint density at radius 3 is 2.41 bits per heavy atom. The van der Waals surface area contributed by atoms with Gasteiger partial charge in [0.2, 0.25) is 11.8 Å². The minimum atomic E-state index is 0.0560. The zero-order valence-electron chi connectivity index (χ0n) is 21.3. The van der Waals surface area contributed by atoms with Crippen molar-refractivity contribution in [3.63, 3.8) is 0 Å². The molecule has 6 rings (SSSR count). The summed E-state index contributed by atoms with van der Waals surface area (Å²) in [5.74, 6) is 2.41. The summed E-state index contributed by atoms with van der Waals surface area (Å²) in [5.41, 5.74) is 4.45. The van der Waals surface area contributed by atoms with Crippen molar-refractivity contribution in [2.24, 2.45) is 11.8 Å². The van der Waals surface area contributed by atoms with Gasteiger partial charge in [0.25, 0.3) is 0 Å². The number of anilines is 1. The number of rotatable bonds is 5. The van der Waals surface area contributed by atoms with Crippen LogP contribution >= 0.6 is 0 Å². The topological polar surface area (TPSA) is 79.9 Å². The number of aromatic nitrogens is 4. The molecule has 1 saturated heterocycles. The summed E-state index contributed by atoms with van der Waals surface area (Å²) in [4.78, 5) is 16.8. The highest BCUT2D eigenvalue weighted by Gasteiger charge is 2.32. The third-order valence-corrected chi connectivity index (χ3v) is 7.88. The zero-order valence-corrected chi connectivity index (χ0v) is 21.3.